The van der Waals surface area contributed by atoms with Crippen LogP contribution in [0.25, 0.3) is 6.08 Å². The molecule has 2 N–H and O–H groups in total. The van der Waals surface area contributed by atoms with E-state index in [0.717, 1.165) is 30.0 Å². The topological polar surface area (TPSA) is 79.9 Å². The average Bonchev–Trinajstić information content (AvgIpc) is 3.33. The Bertz CT molecular complexity index is 1290. The molecule has 0 bridgehead atoms. The summed E-state index contributed by atoms with van der Waals surface area (Å²) in [4.78, 5) is 15.9. The summed E-state index contributed by atoms with van der Waals surface area (Å²) < 4.78 is 96.8. The maximum absolute atomic E-state index is 14.4. The first-order valence-corrected chi connectivity index (χ1v) is 11.0. The minimum atomic E-state index is -4.74. The second kappa shape index (κ2) is 10.2. The highest BCUT2D eigenvalue weighted by molar-refractivity contribution is 5.95. The van der Waals surface area contributed by atoms with E-state index in [1.807, 2.05) is 0 Å². The molecule has 0 saturated heterocycles. The molecule has 1 fully saturated rings. The lowest BCUT2D eigenvalue weighted by atomic mass is 9.89. The van der Waals surface area contributed by atoms with E-state index in [4.69, 9.17) is 4.74 Å². The number of rotatable bonds is 5. The summed E-state index contributed by atoms with van der Waals surface area (Å²) in [5.74, 6) is -1.36. The van der Waals surface area contributed by atoms with Gasteiger partial charge >= 0.3 is 12.4 Å². The molecule has 1 amide bonds. The number of nitrogens with zero attached hydrogens (tertiary/aromatic N) is 2. The molecule has 0 aliphatic heterocycles. The van der Waals surface area contributed by atoms with E-state index in [9.17, 15) is 35.5 Å². The summed E-state index contributed by atoms with van der Waals surface area (Å²) >= 11 is 0. The third-order valence-electron chi connectivity index (χ3n) is 5.74. The molecule has 0 unspecified atom stereocenters. The smallest absolute Gasteiger partial charge is 0.433 e. The molecule has 1 aliphatic carbocycles. The van der Waals surface area contributed by atoms with Gasteiger partial charge < -0.3 is 10.1 Å². The van der Waals surface area contributed by atoms with E-state index >= 15 is 0 Å². The standard InChI is InChI=1S/C24H19F7N4O2/c25-19-7-6-17(37-20-8-3-15(11-32-20)23(26,27)28)10-14(19)9-13-1-4-16(5-2-13)34-22(36)18-12-33-35-21(18)24(29,30)31/h3,6-12,16H,1-2,4-5H2,(H,33,35)(H,34,36). The summed E-state index contributed by atoms with van der Waals surface area (Å²) in [5, 5.41) is 7.68. The Hall–Kier alpha value is -3.90. The van der Waals surface area contributed by atoms with Crippen molar-refractivity contribution in [2.75, 3.05) is 0 Å². The van der Waals surface area contributed by atoms with Gasteiger partial charge in [-0.1, -0.05) is 11.6 Å². The van der Waals surface area contributed by atoms with Gasteiger partial charge in [-0.05, 0) is 49.9 Å². The molecule has 3 aromatic rings. The first-order chi connectivity index (χ1) is 17.4. The van der Waals surface area contributed by atoms with Crippen molar-refractivity contribution in [1.29, 1.82) is 0 Å². The van der Waals surface area contributed by atoms with Crippen LogP contribution in [0.15, 0.2) is 48.3 Å². The molecule has 0 spiro atoms. The van der Waals surface area contributed by atoms with Crippen molar-refractivity contribution in [2.45, 2.75) is 44.1 Å². The molecule has 1 saturated carbocycles. The fraction of sp³-hybridized carbons (Fsp3) is 0.292. The van der Waals surface area contributed by atoms with Crippen molar-refractivity contribution < 1.29 is 40.3 Å². The number of nitrogens with one attached hydrogen (secondary N) is 2. The molecule has 1 aromatic carbocycles. The average molecular weight is 528 g/mol. The lowest BCUT2D eigenvalue weighted by Crippen LogP contribution is -2.37. The van der Waals surface area contributed by atoms with Crippen LogP contribution in [0.3, 0.4) is 0 Å². The van der Waals surface area contributed by atoms with Crippen LogP contribution in [-0.4, -0.2) is 27.1 Å². The maximum Gasteiger partial charge on any atom is 0.433 e. The Morgan fingerprint density at radius 1 is 1.03 bits per heavy atom. The number of aromatic nitrogens is 3. The van der Waals surface area contributed by atoms with Crippen LogP contribution >= 0.6 is 0 Å². The van der Waals surface area contributed by atoms with Crippen molar-refractivity contribution in [3.63, 3.8) is 0 Å². The molecule has 0 atom stereocenters. The van der Waals surface area contributed by atoms with Gasteiger partial charge in [0.15, 0.2) is 5.69 Å². The molecule has 37 heavy (non-hydrogen) atoms. The predicted molar refractivity (Wildman–Crippen MR) is 117 cm³/mol. The van der Waals surface area contributed by atoms with Gasteiger partial charge in [0.1, 0.15) is 11.6 Å². The van der Waals surface area contributed by atoms with Crippen molar-refractivity contribution in [3.8, 4) is 11.6 Å². The first-order valence-electron chi connectivity index (χ1n) is 11.0. The molecule has 4 rings (SSSR count). The number of aromatic amines is 1. The fourth-order valence-electron chi connectivity index (χ4n) is 3.86. The third kappa shape index (κ3) is 6.46. The van der Waals surface area contributed by atoms with Crippen LogP contribution < -0.4 is 10.1 Å². The maximum atomic E-state index is 14.4. The van der Waals surface area contributed by atoms with Crippen LogP contribution in [0.2, 0.25) is 0 Å². The van der Waals surface area contributed by atoms with Crippen molar-refractivity contribution in [1.82, 2.24) is 20.5 Å². The largest absolute Gasteiger partial charge is 0.439 e. The molecular formula is C24H19F7N4O2. The molecule has 1 aliphatic rings. The minimum Gasteiger partial charge on any atom is -0.439 e. The Balaban J connectivity index is 1.38. The molecule has 13 heteroatoms. The number of allylic oxidation sites excluding steroid dienone is 1. The van der Waals surface area contributed by atoms with Gasteiger partial charge in [-0.25, -0.2) is 9.37 Å². The highest BCUT2D eigenvalue weighted by Gasteiger charge is 2.38. The summed E-state index contributed by atoms with van der Waals surface area (Å²) in [6.45, 7) is 0. The number of H-pyrrole nitrogens is 1. The van der Waals surface area contributed by atoms with Gasteiger partial charge in [-0.3, -0.25) is 9.89 Å². The summed E-state index contributed by atoms with van der Waals surface area (Å²) in [6, 6.07) is 5.36. The van der Waals surface area contributed by atoms with Crippen LogP contribution in [0.4, 0.5) is 30.7 Å². The Morgan fingerprint density at radius 2 is 1.76 bits per heavy atom. The number of halogens is 7. The van der Waals surface area contributed by atoms with Gasteiger partial charge in [0.2, 0.25) is 5.88 Å². The number of pyridine rings is 1. The molecule has 196 valence electrons. The monoisotopic (exact) mass is 528 g/mol. The van der Waals surface area contributed by atoms with Crippen LogP contribution in [0.5, 0.6) is 11.6 Å². The Kier molecular flexibility index (Phi) is 7.23. The number of hydrogen-bond acceptors (Lipinski definition) is 4. The third-order valence-corrected chi connectivity index (χ3v) is 5.74. The van der Waals surface area contributed by atoms with E-state index in [-0.39, 0.29) is 23.2 Å². The lowest BCUT2D eigenvalue weighted by molar-refractivity contribution is -0.141. The molecule has 6 nitrogen and oxygen atoms in total. The quantitative estimate of drug-likeness (QED) is 0.369. The van der Waals surface area contributed by atoms with E-state index < -0.39 is 40.9 Å². The van der Waals surface area contributed by atoms with Gasteiger partial charge in [0, 0.05) is 23.9 Å². The van der Waals surface area contributed by atoms with Crippen molar-refractivity contribution >= 4 is 12.0 Å². The zero-order chi connectivity index (χ0) is 26.8. The van der Waals surface area contributed by atoms with E-state index in [0.29, 0.717) is 31.9 Å². The van der Waals surface area contributed by atoms with Gasteiger partial charge in [-0.2, -0.15) is 31.4 Å². The highest BCUT2D eigenvalue weighted by atomic mass is 19.4. The van der Waals surface area contributed by atoms with E-state index in [1.165, 1.54) is 12.1 Å². The van der Waals surface area contributed by atoms with Crippen molar-refractivity contribution in [3.05, 3.63) is 76.5 Å². The lowest BCUT2D eigenvalue weighted by Gasteiger charge is -2.25. The second-order valence-corrected chi connectivity index (χ2v) is 8.38. The number of alkyl halides is 6. The van der Waals surface area contributed by atoms with E-state index in [1.54, 1.807) is 11.2 Å². The summed E-state index contributed by atoms with van der Waals surface area (Å²) in [7, 11) is 0. The first kappa shape index (κ1) is 26.2. The van der Waals surface area contributed by atoms with Gasteiger partial charge in [0.05, 0.1) is 17.3 Å². The Labute approximate surface area is 205 Å². The highest BCUT2D eigenvalue weighted by Crippen LogP contribution is 2.33. The minimum absolute atomic E-state index is 0.0965. The molecule has 2 aromatic heterocycles. The number of amides is 1. The molecule has 0 radical (unpaired) electrons. The number of carbonyl (C=O) groups is 1. The van der Waals surface area contributed by atoms with Crippen LogP contribution in [-0.2, 0) is 12.4 Å². The summed E-state index contributed by atoms with van der Waals surface area (Å²) in [5.41, 5.74) is -1.69. The fourth-order valence-corrected chi connectivity index (χ4v) is 3.86. The van der Waals surface area contributed by atoms with Crippen molar-refractivity contribution in [2.24, 2.45) is 0 Å². The number of carbonyl (C=O) groups excluding carboxylic acids is 1. The number of benzene rings is 1. The Morgan fingerprint density at radius 3 is 2.38 bits per heavy atom. The normalized spacial score (nSPS) is 16.4. The van der Waals surface area contributed by atoms with E-state index in [2.05, 4.69) is 15.4 Å². The SMILES string of the molecule is O=C(NC1CCC(=Cc2cc(Oc3ccc(C(F)(F)F)cn3)ccc2F)CC1)c1cn[nH]c1C(F)(F)F. The van der Waals surface area contributed by atoms with Crippen LogP contribution in [0.1, 0.15) is 52.9 Å². The molecular weight excluding hydrogens is 509 g/mol. The van der Waals surface area contributed by atoms with Gasteiger partial charge in [-0.15, -0.1) is 0 Å². The molecule has 2 heterocycles. The zero-order valence-corrected chi connectivity index (χ0v) is 18.9. The zero-order valence-electron chi connectivity index (χ0n) is 18.9. The summed E-state index contributed by atoms with van der Waals surface area (Å²) in [6.07, 6.45) is -4.41. The second-order valence-electron chi connectivity index (χ2n) is 8.38. The number of ether oxygens (including phenoxy) is 1. The van der Waals surface area contributed by atoms with Crippen LogP contribution in [0, 0.1) is 5.82 Å². The van der Waals surface area contributed by atoms with Gasteiger partial charge in [0.25, 0.3) is 5.91 Å². The number of hydrogen-bond donors (Lipinski definition) is 2. The predicted octanol–water partition coefficient (Wildman–Crippen LogP) is 6.53.